The van der Waals surface area contributed by atoms with Gasteiger partial charge in [0, 0.05) is 30.1 Å². The average molecular weight is 361 g/mol. The number of piperidine rings is 1. The normalized spacial score (nSPS) is 15.1. The zero-order chi connectivity index (χ0) is 18.8. The highest BCUT2D eigenvalue weighted by Crippen LogP contribution is 2.24. The van der Waals surface area contributed by atoms with Gasteiger partial charge in [-0.2, -0.15) is 0 Å². The third-order valence-electron chi connectivity index (χ3n) is 5.28. The van der Waals surface area contributed by atoms with E-state index < -0.39 is 0 Å². The summed E-state index contributed by atoms with van der Waals surface area (Å²) in [6.07, 6.45) is 1.27. The Bertz CT molecular complexity index is 989. The van der Waals surface area contributed by atoms with E-state index in [0.717, 1.165) is 10.8 Å². The second-order valence-electron chi connectivity index (χ2n) is 7.00. The van der Waals surface area contributed by atoms with Crippen LogP contribution >= 0.6 is 0 Å². The molecule has 0 N–H and O–H groups in total. The minimum Gasteiger partial charge on any atom is -0.339 e. The summed E-state index contributed by atoms with van der Waals surface area (Å²) in [4.78, 5) is 27.2. The molecule has 3 aromatic rings. The molecule has 1 heterocycles. The molecule has 4 heteroatoms. The number of carbonyl (C=O) groups is 2. The van der Waals surface area contributed by atoms with Crippen molar-refractivity contribution in [3.63, 3.8) is 0 Å². The molecule has 136 valence electrons. The van der Waals surface area contributed by atoms with E-state index in [1.165, 1.54) is 24.3 Å². The Kier molecular flexibility index (Phi) is 4.71. The number of fused-ring (bicyclic) bond motifs is 1. The summed E-state index contributed by atoms with van der Waals surface area (Å²) in [5, 5.41) is 2.15. The SMILES string of the molecule is O=C(c1ccc(F)cc1)C1CCN(C(=O)c2ccc3ccccc3c2)CC1. The Morgan fingerprint density at radius 3 is 2.15 bits per heavy atom. The summed E-state index contributed by atoms with van der Waals surface area (Å²) in [6.45, 7) is 1.12. The highest BCUT2D eigenvalue weighted by Gasteiger charge is 2.28. The Balaban J connectivity index is 1.42. The van der Waals surface area contributed by atoms with Gasteiger partial charge in [0.2, 0.25) is 0 Å². The lowest BCUT2D eigenvalue weighted by atomic mass is 9.88. The van der Waals surface area contributed by atoms with Crippen molar-refractivity contribution in [2.75, 3.05) is 13.1 Å². The standard InChI is InChI=1S/C23H20FNO2/c24-21-9-7-17(8-10-21)22(26)18-11-13-25(14-12-18)23(27)20-6-5-16-3-1-2-4-19(16)15-20/h1-10,15,18H,11-14H2. The van der Waals surface area contributed by atoms with Crippen molar-refractivity contribution in [2.45, 2.75) is 12.8 Å². The number of halogens is 1. The predicted octanol–water partition coefficient (Wildman–Crippen LogP) is 4.71. The van der Waals surface area contributed by atoms with E-state index in [-0.39, 0.29) is 23.4 Å². The fourth-order valence-electron chi connectivity index (χ4n) is 3.70. The van der Waals surface area contributed by atoms with Crippen LogP contribution in [-0.4, -0.2) is 29.7 Å². The van der Waals surface area contributed by atoms with E-state index in [1.54, 1.807) is 0 Å². The van der Waals surface area contributed by atoms with Gasteiger partial charge in [0.1, 0.15) is 5.82 Å². The summed E-state index contributed by atoms with van der Waals surface area (Å²) in [5.41, 5.74) is 1.22. The fraction of sp³-hybridized carbons (Fsp3) is 0.217. The summed E-state index contributed by atoms with van der Waals surface area (Å²) in [7, 11) is 0. The van der Waals surface area contributed by atoms with Gasteiger partial charge in [0.05, 0.1) is 0 Å². The second-order valence-corrected chi connectivity index (χ2v) is 7.00. The molecule has 27 heavy (non-hydrogen) atoms. The molecule has 4 rings (SSSR count). The third kappa shape index (κ3) is 3.61. The highest BCUT2D eigenvalue weighted by molar-refractivity contribution is 6.00. The van der Waals surface area contributed by atoms with Crippen LogP contribution in [-0.2, 0) is 0 Å². The molecule has 1 aliphatic rings. The van der Waals surface area contributed by atoms with Gasteiger partial charge in [-0.3, -0.25) is 9.59 Å². The number of ketones is 1. The van der Waals surface area contributed by atoms with Crippen LogP contribution in [0.15, 0.2) is 66.7 Å². The Hall–Kier alpha value is -3.01. The first-order valence-corrected chi connectivity index (χ1v) is 9.20. The van der Waals surface area contributed by atoms with Gasteiger partial charge >= 0.3 is 0 Å². The number of nitrogens with zero attached hydrogens (tertiary/aromatic N) is 1. The largest absolute Gasteiger partial charge is 0.339 e. The Labute approximate surface area is 157 Å². The van der Waals surface area contributed by atoms with E-state index in [2.05, 4.69) is 0 Å². The smallest absolute Gasteiger partial charge is 0.253 e. The number of hydrogen-bond acceptors (Lipinski definition) is 2. The molecule has 0 radical (unpaired) electrons. The summed E-state index contributed by atoms with van der Waals surface area (Å²) >= 11 is 0. The van der Waals surface area contributed by atoms with E-state index in [0.29, 0.717) is 37.1 Å². The molecule has 1 saturated heterocycles. The van der Waals surface area contributed by atoms with Gasteiger partial charge in [-0.1, -0.05) is 30.3 Å². The number of amides is 1. The molecule has 0 saturated carbocycles. The summed E-state index contributed by atoms with van der Waals surface area (Å²) in [6, 6.07) is 19.4. The number of carbonyl (C=O) groups excluding carboxylic acids is 2. The molecular formula is C23H20FNO2. The van der Waals surface area contributed by atoms with Gasteiger partial charge in [0.15, 0.2) is 5.78 Å². The highest BCUT2D eigenvalue weighted by atomic mass is 19.1. The average Bonchev–Trinajstić information content (AvgIpc) is 2.73. The lowest BCUT2D eigenvalue weighted by molar-refractivity contribution is 0.0650. The first kappa shape index (κ1) is 17.4. The van der Waals surface area contributed by atoms with Crippen LogP contribution in [0.5, 0.6) is 0 Å². The van der Waals surface area contributed by atoms with Crippen molar-refractivity contribution in [3.8, 4) is 0 Å². The third-order valence-corrected chi connectivity index (χ3v) is 5.28. The maximum Gasteiger partial charge on any atom is 0.253 e. The number of hydrogen-bond donors (Lipinski definition) is 0. The van der Waals surface area contributed by atoms with Gasteiger partial charge in [0.25, 0.3) is 5.91 Å². The van der Waals surface area contributed by atoms with Crippen molar-refractivity contribution in [1.29, 1.82) is 0 Å². The lowest BCUT2D eigenvalue weighted by Gasteiger charge is -2.31. The quantitative estimate of drug-likeness (QED) is 0.634. The minimum atomic E-state index is -0.345. The first-order chi connectivity index (χ1) is 13.1. The summed E-state index contributed by atoms with van der Waals surface area (Å²) in [5.74, 6) is -0.417. The maximum absolute atomic E-state index is 13.0. The van der Waals surface area contributed by atoms with Crippen molar-refractivity contribution in [2.24, 2.45) is 5.92 Å². The molecule has 3 aromatic carbocycles. The lowest BCUT2D eigenvalue weighted by Crippen LogP contribution is -2.40. The maximum atomic E-state index is 13.0. The topological polar surface area (TPSA) is 37.4 Å². The molecule has 0 bridgehead atoms. The molecule has 1 aliphatic heterocycles. The van der Waals surface area contributed by atoms with E-state index in [4.69, 9.17) is 0 Å². The van der Waals surface area contributed by atoms with Crippen LogP contribution < -0.4 is 0 Å². The molecule has 0 unspecified atom stereocenters. The van der Waals surface area contributed by atoms with Crippen molar-refractivity contribution in [1.82, 2.24) is 4.90 Å². The molecule has 1 amide bonds. The van der Waals surface area contributed by atoms with Gasteiger partial charge in [-0.25, -0.2) is 4.39 Å². The zero-order valence-corrected chi connectivity index (χ0v) is 14.9. The predicted molar refractivity (Wildman–Crippen MR) is 103 cm³/mol. The van der Waals surface area contributed by atoms with E-state index in [1.807, 2.05) is 47.4 Å². The number of benzene rings is 3. The molecule has 0 aromatic heterocycles. The fourth-order valence-corrected chi connectivity index (χ4v) is 3.70. The second kappa shape index (κ2) is 7.31. The minimum absolute atomic E-state index is 0.00781. The zero-order valence-electron chi connectivity index (χ0n) is 14.9. The van der Waals surface area contributed by atoms with E-state index >= 15 is 0 Å². The first-order valence-electron chi connectivity index (χ1n) is 9.20. The van der Waals surface area contributed by atoms with Crippen molar-refractivity contribution < 1.29 is 14.0 Å². The molecular weight excluding hydrogens is 341 g/mol. The number of likely N-dealkylation sites (tertiary alicyclic amines) is 1. The van der Waals surface area contributed by atoms with Crippen LogP contribution in [0.2, 0.25) is 0 Å². The molecule has 0 aliphatic carbocycles. The van der Waals surface area contributed by atoms with Crippen LogP contribution in [0.25, 0.3) is 10.8 Å². The monoisotopic (exact) mass is 361 g/mol. The van der Waals surface area contributed by atoms with Crippen molar-refractivity contribution in [3.05, 3.63) is 83.7 Å². The Morgan fingerprint density at radius 2 is 1.44 bits per heavy atom. The Morgan fingerprint density at radius 1 is 0.815 bits per heavy atom. The summed E-state index contributed by atoms with van der Waals surface area (Å²) < 4.78 is 13.0. The molecule has 0 spiro atoms. The van der Waals surface area contributed by atoms with Crippen molar-refractivity contribution >= 4 is 22.5 Å². The van der Waals surface area contributed by atoms with Gasteiger partial charge < -0.3 is 4.90 Å². The number of rotatable bonds is 3. The van der Waals surface area contributed by atoms with Gasteiger partial charge in [-0.05, 0) is 60.0 Å². The van der Waals surface area contributed by atoms with E-state index in [9.17, 15) is 14.0 Å². The van der Waals surface area contributed by atoms with Crippen LogP contribution in [0.1, 0.15) is 33.6 Å². The molecule has 0 atom stereocenters. The van der Waals surface area contributed by atoms with Crippen LogP contribution in [0.4, 0.5) is 4.39 Å². The number of Topliss-reactive ketones (excluding diaryl/α,β-unsaturated/α-hetero) is 1. The molecule has 1 fully saturated rings. The van der Waals surface area contributed by atoms with Crippen LogP contribution in [0.3, 0.4) is 0 Å². The van der Waals surface area contributed by atoms with Crippen LogP contribution in [0, 0.1) is 11.7 Å². The molecule has 3 nitrogen and oxygen atoms in total. The van der Waals surface area contributed by atoms with Gasteiger partial charge in [-0.15, -0.1) is 0 Å².